The second-order valence-electron chi connectivity index (χ2n) is 5.49. The summed E-state index contributed by atoms with van der Waals surface area (Å²) >= 11 is 0. The maximum atomic E-state index is 13.8. The van der Waals surface area contributed by atoms with Crippen molar-refractivity contribution >= 4 is 17.7 Å². The van der Waals surface area contributed by atoms with Gasteiger partial charge in [-0.1, -0.05) is 47.6 Å². The number of halogens is 1. The molecule has 132 valence electrons. The fourth-order valence-electron chi connectivity index (χ4n) is 2.32. The number of benzene rings is 2. The molecule has 1 N–H and O–H groups in total. The molecule has 7 heteroatoms. The summed E-state index contributed by atoms with van der Waals surface area (Å²) in [6.45, 7) is 1.68. The van der Waals surface area contributed by atoms with Crippen LogP contribution in [0.3, 0.4) is 0 Å². The topological polar surface area (TPSA) is 81.4 Å². The zero-order chi connectivity index (χ0) is 18.5. The molecule has 0 saturated carbocycles. The van der Waals surface area contributed by atoms with Crippen LogP contribution in [0, 0.1) is 12.7 Å². The van der Waals surface area contributed by atoms with Crippen LogP contribution in [0.15, 0.2) is 65.2 Å². The number of nitrogens with one attached hydrogen (secondary N) is 1. The molecule has 0 spiro atoms. The first kappa shape index (κ1) is 17.3. The van der Waals surface area contributed by atoms with Crippen molar-refractivity contribution in [2.24, 2.45) is 0 Å². The van der Waals surface area contributed by atoms with E-state index in [1.54, 1.807) is 37.3 Å². The molecule has 3 rings (SSSR count). The zero-order valence-electron chi connectivity index (χ0n) is 13.8. The van der Waals surface area contributed by atoms with E-state index in [9.17, 15) is 14.0 Å². The highest BCUT2D eigenvalue weighted by atomic mass is 19.1. The molecule has 1 atom stereocenters. The Balaban J connectivity index is 1.85. The lowest BCUT2D eigenvalue weighted by Gasteiger charge is -2.17. The number of hydrogen-bond donors (Lipinski definition) is 1. The minimum atomic E-state index is -1.28. The molecule has 0 saturated heterocycles. The van der Waals surface area contributed by atoms with Gasteiger partial charge in [-0.2, -0.15) is 0 Å². The monoisotopic (exact) mass is 354 g/mol. The van der Waals surface area contributed by atoms with Crippen molar-refractivity contribution in [3.8, 4) is 0 Å². The second kappa shape index (κ2) is 7.60. The molecule has 26 heavy (non-hydrogen) atoms. The first-order valence-corrected chi connectivity index (χ1v) is 7.79. The Morgan fingerprint density at radius 3 is 2.46 bits per heavy atom. The number of ether oxygens (including phenoxy) is 1. The lowest BCUT2D eigenvalue weighted by atomic mass is 10.1. The fraction of sp³-hybridized carbons (Fsp3) is 0.105. The van der Waals surface area contributed by atoms with E-state index in [1.807, 2.05) is 0 Å². The molecule has 0 fully saturated rings. The quantitative estimate of drug-likeness (QED) is 0.707. The number of amides is 1. The number of carbonyl (C=O) groups is 2. The Labute approximate surface area is 148 Å². The maximum absolute atomic E-state index is 13.8. The SMILES string of the molecule is Cc1cc(NC(=O)[C@@H](OC(=O)c2ccccc2F)c2ccccc2)no1. The van der Waals surface area contributed by atoms with Gasteiger partial charge in [-0.15, -0.1) is 0 Å². The van der Waals surface area contributed by atoms with Gasteiger partial charge in [0.15, 0.2) is 5.82 Å². The molecule has 0 aliphatic carbocycles. The van der Waals surface area contributed by atoms with Crippen molar-refractivity contribution in [3.05, 3.63) is 83.4 Å². The lowest BCUT2D eigenvalue weighted by molar-refractivity contribution is -0.125. The van der Waals surface area contributed by atoms with Gasteiger partial charge in [0, 0.05) is 11.6 Å². The normalized spacial score (nSPS) is 11.6. The third-order valence-electron chi connectivity index (χ3n) is 3.54. The molecule has 1 amide bonds. The third kappa shape index (κ3) is 3.94. The van der Waals surface area contributed by atoms with E-state index in [2.05, 4.69) is 10.5 Å². The number of rotatable bonds is 5. The first-order chi connectivity index (χ1) is 12.5. The summed E-state index contributed by atoms with van der Waals surface area (Å²) in [7, 11) is 0. The largest absolute Gasteiger partial charge is 0.444 e. The summed E-state index contributed by atoms with van der Waals surface area (Å²) in [5, 5.41) is 6.19. The molecule has 3 aromatic rings. The van der Waals surface area contributed by atoms with Crippen LogP contribution >= 0.6 is 0 Å². The van der Waals surface area contributed by atoms with Crippen molar-refractivity contribution in [1.29, 1.82) is 0 Å². The predicted molar refractivity (Wildman–Crippen MR) is 90.9 cm³/mol. The molecule has 1 heterocycles. The molecule has 0 aliphatic heterocycles. The van der Waals surface area contributed by atoms with E-state index in [4.69, 9.17) is 9.26 Å². The molecule has 0 bridgehead atoms. The highest BCUT2D eigenvalue weighted by molar-refractivity contribution is 5.97. The minimum Gasteiger partial charge on any atom is -0.444 e. The Hall–Kier alpha value is -3.48. The summed E-state index contributed by atoms with van der Waals surface area (Å²) < 4.78 is 24.0. The highest BCUT2D eigenvalue weighted by Crippen LogP contribution is 2.22. The predicted octanol–water partition coefficient (Wildman–Crippen LogP) is 3.66. The van der Waals surface area contributed by atoms with Crippen molar-refractivity contribution in [1.82, 2.24) is 5.16 Å². The smallest absolute Gasteiger partial charge is 0.342 e. The molecule has 0 radical (unpaired) electrons. The summed E-state index contributed by atoms with van der Waals surface area (Å²) in [6, 6.07) is 15.4. The van der Waals surface area contributed by atoms with Crippen LogP contribution in [0.1, 0.15) is 27.8 Å². The molecular weight excluding hydrogens is 339 g/mol. The molecule has 2 aromatic carbocycles. The van der Waals surface area contributed by atoms with E-state index in [0.717, 1.165) is 6.07 Å². The van der Waals surface area contributed by atoms with Gasteiger partial charge in [0.05, 0.1) is 5.56 Å². The van der Waals surface area contributed by atoms with Gasteiger partial charge >= 0.3 is 5.97 Å². The Morgan fingerprint density at radius 2 is 1.81 bits per heavy atom. The fourth-order valence-corrected chi connectivity index (χ4v) is 2.32. The average Bonchev–Trinajstić information content (AvgIpc) is 3.05. The average molecular weight is 354 g/mol. The Kier molecular flexibility index (Phi) is 5.07. The van der Waals surface area contributed by atoms with Gasteiger partial charge in [0.25, 0.3) is 5.91 Å². The third-order valence-corrected chi connectivity index (χ3v) is 3.54. The number of carbonyl (C=O) groups excluding carboxylic acids is 2. The van der Waals surface area contributed by atoms with Gasteiger partial charge in [-0.3, -0.25) is 4.79 Å². The summed E-state index contributed by atoms with van der Waals surface area (Å²) in [5.74, 6) is -1.59. The van der Waals surface area contributed by atoms with E-state index >= 15 is 0 Å². The van der Waals surface area contributed by atoms with Crippen LogP contribution < -0.4 is 5.32 Å². The highest BCUT2D eigenvalue weighted by Gasteiger charge is 2.27. The van der Waals surface area contributed by atoms with Crippen LogP contribution in [0.4, 0.5) is 10.2 Å². The number of esters is 1. The number of anilines is 1. The Morgan fingerprint density at radius 1 is 1.12 bits per heavy atom. The van der Waals surface area contributed by atoms with Crippen LogP contribution in [-0.4, -0.2) is 17.0 Å². The number of hydrogen-bond acceptors (Lipinski definition) is 5. The number of aromatic nitrogens is 1. The molecule has 6 nitrogen and oxygen atoms in total. The minimum absolute atomic E-state index is 0.190. The maximum Gasteiger partial charge on any atom is 0.342 e. The molecule has 1 aromatic heterocycles. The van der Waals surface area contributed by atoms with Gasteiger partial charge in [0.2, 0.25) is 6.10 Å². The van der Waals surface area contributed by atoms with Crippen molar-refractivity contribution in [2.75, 3.05) is 5.32 Å². The van der Waals surface area contributed by atoms with E-state index in [-0.39, 0.29) is 11.4 Å². The van der Waals surface area contributed by atoms with E-state index < -0.39 is 23.8 Å². The first-order valence-electron chi connectivity index (χ1n) is 7.79. The van der Waals surface area contributed by atoms with E-state index in [1.165, 1.54) is 24.3 Å². The molecular formula is C19H15FN2O4. The molecule has 0 unspecified atom stereocenters. The summed E-state index contributed by atoms with van der Waals surface area (Å²) in [4.78, 5) is 24.9. The summed E-state index contributed by atoms with van der Waals surface area (Å²) in [6.07, 6.45) is -1.28. The van der Waals surface area contributed by atoms with Crippen molar-refractivity contribution in [2.45, 2.75) is 13.0 Å². The summed E-state index contributed by atoms with van der Waals surface area (Å²) in [5.41, 5.74) is 0.188. The van der Waals surface area contributed by atoms with Gasteiger partial charge < -0.3 is 14.6 Å². The standard InChI is InChI=1S/C19H15FN2O4/c1-12-11-16(22-26-12)21-18(23)17(13-7-3-2-4-8-13)25-19(24)14-9-5-6-10-15(14)20/h2-11,17H,1H3,(H,21,22,23)/t17-/m0/s1. The van der Waals surface area contributed by atoms with Crippen LogP contribution in [0.25, 0.3) is 0 Å². The second-order valence-corrected chi connectivity index (χ2v) is 5.49. The van der Waals surface area contributed by atoms with Crippen molar-refractivity contribution in [3.63, 3.8) is 0 Å². The van der Waals surface area contributed by atoms with Gasteiger partial charge in [-0.25, -0.2) is 9.18 Å². The van der Waals surface area contributed by atoms with Gasteiger partial charge in [0.1, 0.15) is 11.6 Å². The van der Waals surface area contributed by atoms with Crippen molar-refractivity contribution < 1.29 is 23.2 Å². The number of aryl methyl sites for hydroxylation is 1. The van der Waals surface area contributed by atoms with E-state index in [0.29, 0.717) is 11.3 Å². The molecule has 0 aliphatic rings. The van der Waals surface area contributed by atoms with Crippen LogP contribution in [0.5, 0.6) is 0 Å². The van der Waals surface area contributed by atoms with Crippen LogP contribution in [-0.2, 0) is 9.53 Å². The van der Waals surface area contributed by atoms with Crippen LogP contribution in [0.2, 0.25) is 0 Å². The lowest BCUT2D eigenvalue weighted by Crippen LogP contribution is -2.26. The van der Waals surface area contributed by atoms with Gasteiger partial charge in [-0.05, 0) is 19.1 Å². The Bertz CT molecular complexity index is 924. The zero-order valence-corrected chi connectivity index (χ0v) is 13.8. The number of nitrogens with zero attached hydrogens (tertiary/aromatic N) is 1.